The summed E-state index contributed by atoms with van der Waals surface area (Å²) in [5, 5.41) is 11.3. The Hall–Kier alpha value is -2.14. The van der Waals surface area contributed by atoms with E-state index in [9.17, 15) is 9.59 Å². The lowest BCUT2D eigenvalue weighted by Crippen LogP contribution is -2.31. The van der Waals surface area contributed by atoms with Crippen molar-refractivity contribution < 1.29 is 14.7 Å². The zero-order valence-corrected chi connectivity index (χ0v) is 10.5. The highest BCUT2D eigenvalue weighted by Gasteiger charge is 2.26. The van der Waals surface area contributed by atoms with Gasteiger partial charge < -0.3 is 16.2 Å². The van der Waals surface area contributed by atoms with Crippen LogP contribution in [0.15, 0.2) is 29.8 Å². The molecule has 1 aromatic rings. The van der Waals surface area contributed by atoms with Gasteiger partial charge in [-0.2, -0.15) is 0 Å². The van der Waals surface area contributed by atoms with Gasteiger partial charge in [0.05, 0.1) is 12.2 Å². The monoisotopic (exact) mass is 260 g/mol. The standard InChI is InChI=1S/C14H16N2O3/c15-13(18)11-6-5-9-3-1-2-4-10(9)12(11)14(19)16-7-8-17/h1-4,17H,5-8H2,(H2,15,18)(H,16,19). The van der Waals surface area contributed by atoms with Crippen LogP contribution in [0.3, 0.4) is 0 Å². The third kappa shape index (κ3) is 2.66. The molecule has 4 N–H and O–H groups in total. The van der Waals surface area contributed by atoms with Gasteiger partial charge in [-0.25, -0.2) is 0 Å². The number of hydrogen-bond donors (Lipinski definition) is 3. The second kappa shape index (κ2) is 5.67. The van der Waals surface area contributed by atoms with Crippen molar-refractivity contribution in [3.05, 3.63) is 41.0 Å². The Kier molecular flexibility index (Phi) is 3.97. The quantitative estimate of drug-likeness (QED) is 0.710. The fraction of sp³-hybridized carbons (Fsp3) is 0.286. The lowest BCUT2D eigenvalue weighted by Gasteiger charge is -2.21. The van der Waals surface area contributed by atoms with E-state index in [1.54, 1.807) is 0 Å². The smallest absolute Gasteiger partial charge is 0.252 e. The number of aliphatic hydroxyl groups excluding tert-OH is 1. The molecule has 0 heterocycles. The van der Waals surface area contributed by atoms with Crippen molar-refractivity contribution in [3.8, 4) is 0 Å². The average molecular weight is 260 g/mol. The first-order chi connectivity index (χ1) is 9.15. The van der Waals surface area contributed by atoms with Crippen LogP contribution in [0, 0.1) is 0 Å². The first kappa shape index (κ1) is 13.3. The van der Waals surface area contributed by atoms with Crippen LogP contribution in [-0.4, -0.2) is 30.1 Å². The molecule has 0 aromatic heterocycles. The third-order valence-electron chi connectivity index (χ3n) is 3.15. The molecular weight excluding hydrogens is 244 g/mol. The van der Waals surface area contributed by atoms with Gasteiger partial charge >= 0.3 is 0 Å². The van der Waals surface area contributed by atoms with E-state index in [-0.39, 0.29) is 19.1 Å². The Morgan fingerprint density at radius 2 is 2.00 bits per heavy atom. The maximum atomic E-state index is 12.1. The molecule has 0 bridgehead atoms. The maximum absolute atomic E-state index is 12.1. The van der Waals surface area contributed by atoms with Crippen molar-refractivity contribution in [1.29, 1.82) is 0 Å². The maximum Gasteiger partial charge on any atom is 0.252 e. The summed E-state index contributed by atoms with van der Waals surface area (Å²) in [4.78, 5) is 23.6. The van der Waals surface area contributed by atoms with Gasteiger partial charge in [0, 0.05) is 12.1 Å². The SMILES string of the molecule is NC(=O)C1=C(C(=O)NCCO)c2ccccc2CC1. The van der Waals surface area contributed by atoms with E-state index in [4.69, 9.17) is 10.8 Å². The second-order valence-electron chi connectivity index (χ2n) is 4.35. The molecule has 5 heteroatoms. The Bertz CT molecular complexity index is 549. The molecule has 0 saturated heterocycles. The molecule has 100 valence electrons. The average Bonchev–Trinajstić information content (AvgIpc) is 2.43. The van der Waals surface area contributed by atoms with Gasteiger partial charge in [-0.3, -0.25) is 9.59 Å². The summed E-state index contributed by atoms with van der Waals surface area (Å²) in [6.07, 6.45) is 1.17. The van der Waals surface area contributed by atoms with Gasteiger partial charge in [0.2, 0.25) is 5.91 Å². The normalized spacial score (nSPS) is 13.9. The number of benzene rings is 1. The third-order valence-corrected chi connectivity index (χ3v) is 3.15. The lowest BCUT2D eigenvalue weighted by molar-refractivity contribution is -0.117. The molecule has 0 spiro atoms. The Labute approximate surface area is 111 Å². The number of rotatable bonds is 4. The number of fused-ring (bicyclic) bond motifs is 1. The summed E-state index contributed by atoms with van der Waals surface area (Å²) in [6.45, 7) is 0.00309. The molecule has 1 aliphatic carbocycles. The molecule has 0 aliphatic heterocycles. The second-order valence-corrected chi connectivity index (χ2v) is 4.35. The molecule has 0 unspecified atom stereocenters. The first-order valence-electron chi connectivity index (χ1n) is 6.15. The van der Waals surface area contributed by atoms with Crippen LogP contribution in [0.2, 0.25) is 0 Å². The summed E-state index contributed by atoms with van der Waals surface area (Å²) in [5.74, 6) is -0.932. The molecule has 0 saturated carbocycles. The van der Waals surface area contributed by atoms with Crippen LogP contribution in [0.4, 0.5) is 0 Å². The van der Waals surface area contributed by atoms with Crippen molar-refractivity contribution in [2.75, 3.05) is 13.2 Å². The number of primary amides is 1. The molecule has 2 rings (SSSR count). The highest BCUT2D eigenvalue weighted by atomic mass is 16.3. The number of carbonyl (C=O) groups is 2. The Morgan fingerprint density at radius 3 is 2.68 bits per heavy atom. The summed E-state index contributed by atoms with van der Waals surface area (Å²) < 4.78 is 0. The lowest BCUT2D eigenvalue weighted by atomic mass is 9.85. The molecule has 0 fully saturated rings. The molecule has 19 heavy (non-hydrogen) atoms. The summed E-state index contributed by atoms with van der Waals surface area (Å²) in [7, 11) is 0. The van der Waals surface area contributed by atoms with Gasteiger partial charge in [-0.15, -0.1) is 0 Å². The topological polar surface area (TPSA) is 92.4 Å². The van der Waals surface area contributed by atoms with Crippen molar-refractivity contribution in [3.63, 3.8) is 0 Å². The number of amides is 2. The van der Waals surface area contributed by atoms with Crippen molar-refractivity contribution >= 4 is 17.4 Å². The predicted octanol–water partition coefficient (Wildman–Crippen LogP) is -0.0198. The van der Waals surface area contributed by atoms with E-state index in [0.29, 0.717) is 24.0 Å². The first-order valence-corrected chi connectivity index (χ1v) is 6.15. The van der Waals surface area contributed by atoms with E-state index < -0.39 is 5.91 Å². The molecule has 0 atom stereocenters. The minimum absolute atomic E-state index is 0.146. The van der Waals surface area contributed by atoms with Gasteiger partial charge in [0.1, 0.15) is 0 Å². The van der Waals surface area contributed by atoms with Crippen LogP contribution in [0.5, 0.6) is 0 Å². The Morgan fingerprint density at radius 1 is 1.26 bits per heavy atom. The van der Waals surface area contributed by atoms with E-state index in [2.05, 4.69) is 5.32 Å². The van der Waals surface area contributed by atoms with Crippen LogP contribution < -0.4 is 11.1 Å². The van der Waals surface area contributed by atoms with Crippen molar-refractivity contribution in [1.82, 2.24) is 5.32 Å². The summed E-state index contributed by atoms with van der Waals surface area (Å²) in [5.41, 5.74) is 7.82. The zero-order valence-electron chi connectivity index (χ0n) is 10.5. The fourth-order valence-electron chi connectivity index (χ4n) is 2.29. The Balaban J connectivity index is 2.47. The number of aliphatic hydroxyl groups is 1. The number of nitrogens with one attached hydrogen (secondary N) is 1. The summed E-state index contributed by atoms with van der Waals surface area (Å²) >= 11 is 0. The van der Waals surface area contributed by atoms with Crippen LogP contribution >= 0.6 is 0 Å². The summed E-state index contributed by atoms with van der Waals surface area (Å²) in [6, 6.07) is 7.47. The van der Waals surface area contributed by atoms with Gasteiger partial charge in [0.25, 0.3) is 5.91 Å². The largest absolute Gasteiger partial charge is 0.395 e. The molecule has 2 amide bonds. The minimum atomic E-state index is -0.566. The van der Waals surface area contributed by atoms with Crippen molar-refractivity contribution in [2.45, 2.75) is 12.8 Å². The van der Waals surface area contributed by atoms with Gasteiger partial charge in [-0.05, 0) is 24.0 Å². The molecule has 0 radical (unpaired) electrons. The molecule has 5 nitrogen and oxygen atoms in total. The molecule has 1 aromatic carbocycles. The van der Waals surface area contributed by atoms with Crippen LogP contribution in [-0.2, 0) is 16.0 Å². The minimum Gasteiger partial charge on any atom is -0.395 e. The van der Waals surface area contributed by atoms with E-state index in [1.165, 1.54) is 0 Å². The molecule has 1 aliphatic rings. The highest BCUT2D eigenvalue weighted by molar-refractivity contribution is 6.26. The van der Waals surface area contributed by atoms with Crippen LogP contribution in [0.25, 0.3) is 5.57 Å². The molecular formula is C14H16N2O3. The predicted molar refractivity (Wildman–Crippen MR) is 71.0 cm³/mol. The van der Waals surface area contributed by atoms with E-state index in [1.807, 2.05) is 24.3 Å². The van der Waals surface area contributed by atoms with Gasteiger partial charge in [-0.1, -0.05) is 24.3 Å². The number of nitrogens with two attached hydrogens (primary N) is 1. The highest BCUT2D eigenvalue weighted by Crippen LogP contribution is 2.31. The van der Waals surface area contributed by atoms with Crippen molar-refractivity contribution in [2.24, 2.45) is 5.73 Å². The van der Waals surface area contributed by atoms with E-state index in [0.717, 1.165) is 11.1 Å². The number of hydrogen-bond acceptors (Lipinski definition) is 3. The van der Waals surface area contributed by atoms with Crippen LogP contribution in [0.1, 0.15) is 17.5 Å². The zero-order chi connectivity index (χ0) is 13.8. The number of aryl methyl sites for hydroxylation is 1. The van der Waals surface area contributed by atoms with Gasteiger partial charge in [0.15, 0.2) is 0 Å². The number of carbonyl (C=O) groups excluding carboxylic acids is 2. The van der Waals surface area contributed by atoms with E-state index >= 15 is 0 Å². The fourth-order valence-corrected chi connectivity index (χ4v) is 2.29.